The average Bonchev–Trinajstić information content (AvgIpc) is 2.39. The van der Waals surface area contributed by atoms with Gasteiger partial charge in [-0.3, -0.25) is 0 Å². The van der Waals surface area contributed by atoms with Crippen LogP contribution in [0.5, 0.6) is 0 Å². The summed E-state index contributed by atoms with van der Waals surface area (Å²) in [5.74, 6) is 0. The van der Waals surface area contributed by atoms with E-state index in [1.54, 1.807) is 0 Å². The van der Waals surface area contributed by atoms with Crippen LogP contribution in [0.25, 0.3) is 0 Å². The van der Waals surface area contributed by atoms with E-state index in [-0.39, 0.29) is 0 Å². The second-order valence-electron chi connectivity index (χ2n) is 3.21. The molecule has 0 saturated heterocycles. The fourth-order valence-electron chi connectivity index (χ4n) is 1.57. The van der Waals surface area contributed by atoms with Gasteiger partial charge in [0.25, 0.3) is 0 Å². The molecule has 1 aliphatic rings. The van der Waals surface area contributed by atoms with Gasteiger partial charge in [0.2, 0.25) is 0 Å². The Balaban J connectivity index is 2.61. The summed E-state index contributed by atoms with van der Waals surface area (Å²) in [5, 5.41) is 3.22. The van der Waals surface area contributed by atoms with Crippen LogP contribution < -0.4 is 11.1 Å². The fourth-order valence-corrected chi connectivity index (χ4v) is 1.57. The predicted octanol–water partition coefficient (Wildman–Crippen LogP) is 2.06. The predicted molar refractivity (Wildman–Crippen MR) is 52.1 cm³/mol. The van der Waals surface area contributed by atoms with E-state index < -0.39 is 0 Å². The Bertz CT molecular complexity index is 353. The SMILES string of the molecule is C=C1Cc2c(ccc(N)c2C)N1. The van der Waals surface area contributed by atoms with Gasteiger partial charge in [-0.05, 0) is 30.2 Å². The van der Waals surface area contributed by atoms with Gasteiger partial charge in [0.15, 0.2) is 0 Å². The number of hydrogen-bond donors (Lipinski definition) is 2. The number of hydrogen-bond acceptors (Lipinski definition) is 2. The first-order chi connectivity index (χ1) is 5.68. The molecule has 12 heavy (non-hydrogen) atoms. The monoisotopic (exact) mass is 160 g/mol. The van der Waals surface area contributed by atoms with Crippen molar-refractivity contribution in [1.82, 2.24) is 0 Å². The molecule has 0 aliphatic carbocycles. The standard InChI is InChI=1S/C10H12N2/c1-6-5-8-7(2)9(11)3-4-10(8)12-6/h3-4,12H,1,5,11H2,2H3. The molecule has 2 heteroatoms. The molecule has 1 aromatic rings. The van der Waals surface area contributed by atoms with Gasteiger partial charge in [-0.2, -0.15) is 0 Å². The van der Waals surface area contributed by atoms with Crippen LogP contribution in [0.4, 0.5) is 11.4 Å². The zero-order chi connectivity index (χ0) is 8.72. The lowest BCUT2D eigenvalue weighted by Gasteiger charge is -2.05. The highest BCUT2D eigenvalue weighted by molar-refractivity contribution is 5.69. The van der Waals surface area contributed by atoms with Crippen LogP contribution in [0.3, 0.4) is 0 Å². The van der Waals surface area contributed by atoms with Crippen molar-refractivity contribution < 1.29 is 0 Å². The Hall–Kier alpha value is -1.44. The summed E-state index contributed by atoms with van der Waals surface area (Å²) in [6.07, 6.45) is 0.909. The van der Waals surface area contributed by atoms with Crippen molar-refractivity contribution in [1.29, 1.82) is 0 Å². The molecular weight excluding hydrogens is 148 g/mol. The van der Waals surface area contributed by atoms with Crippen LogP contribution in [0.1, 0.15) is 11.1 Å². The number of benzene rings is 1. The quantitative estimate of drug-likeness (QED) is 0.570. The smallest absolute Gasteiger partial charge is 0.0422 e. The average molecular weight is 160 g/mol. The molecule has 0 aromatic heterocycles. The summed E-state index contributed by atoms with van der Waals surface area (Å²) in [7, 11) is 0. The molecule has 0 unspecified atom stereocenters. The molecule has 1 heterocycles. The van der Waals surface area contributed by atoms with E-state index in [0.717, 1.165) is 23.5 Å². The molecule has 0 fully saturated rings. The fraction of sp³-hybridized carbons (Fsp3) is 0.200. The van der Waals surface area contributed by atoms with Crippen LogP contribution in [-0.2, 0) is 6.42 Å². The number of nitrogens with two attached hydrogens (primary N) is 1. The first kappa shape index (κ1) is 7.22. The van der Waals surface area contributed by atoms with Crippen LogP contribution in [0.2, 0.25) is 0 Å². The number of rotatable bonds is 0. The third-order valence-electron chi connectivity index (χ3n) is 2.34. The summed E-state index contributed by atoms with van der Waals surface area (Å²) in [5.41, 5.74) is 11.3. The second-order valence-corrected chi connectivity index (χ2v) is 3.21. The number of allylic oxidation sites excluding steroid dienone is 1. The van der Waals surface area contributed by atoms with E-state index in [9.17, 15) is 0 Å². The van der Waals surface area contributed by atoms with Gasteiger partial charge >= 0.3 is 0 Å². The molecule has 2 rings (SSSR count). The summed E-state index contributed by atoms with van der Waals surface area (Å²) in [6.45, 7) is 5.94. The molecule has 0 atom stereocenters. The maximum absolute atomic E-state index is 5.78. The van der Waals surface area contributed by atoms with Crippen molar-refractivity contribution in [3.8, 4) is 0 Å². The van der Waals surface area contributed by atoms with Gasteiger partial charge < -0.3 is 11.1 Å². The topological polar surface area (TPSA) is 38.0 Å². The van der Waals surface area contributed by atoms with E-state index in [2.05, 4.69) is 18.8 Å². The number of nitrogens with one attached hydrogen (secondary N) is 1. The normalized spacial score (nSPS) is 14.2. The molecule has 0 bridgehead atoms. The largest absolute Gasteiger partial charge is 0.399 e. The molecule has 3 N–H and O–H groups in total. The van der Waals surface area contributed by atoms with Gasteiger partial charge in [-0.25, -0.2) is 0 Å². The van der Waals surface area contributed by atoms with Gasteiger partial charge in [0.05, 0.1) is 0 Å². The molecule has 1 aliphatic heterocycles. The summed E-state index contributed by atoms with van der Waals surface area (Å²) in [4.78, 5) is 0. The highest BCUT2D eigenvalue weighted by Crippen LogP contribution is 2.32. The minimum Gasteiger partial charge on any atom is -0.399 e. The van der Waals surface area contributed by atoms with E-state index >= 15 is 0 Å². The Morgan fingerprint density at radius 1 is 1.50 bits per heavy atom. The Morgan fingerprint density at radius 2 is 2.25 bits per heavy atom. The summed E-state index contributed by atoms with van der Waals surface area (Å²) >= 11 is 0. The zero-order valence-electron chi connectivity index (χ0n) is 7.15. The Morgan fingerprint density at radius 3 is 3.00 bits per heavy atom. The maximum atomic E-state index is 5.78. The molecule has 62 valence electrons. The van der Waals surface area contributed by atoms with Crippen molar-refractivity contribution in [3.63, 3.8) is 0 Å². The lowest BCUT2D eigenvalue weighted by molar-refractivity contribution is 1.22. The van der Waals surface area contributed by atoms with Crippen LogP contribution in [-0.4, -0.2) is 0 Å². The number of fused-ring (bicyclic) bond motifs is 1. The van der Waals surface area contributed by atoms with E-state index in [1.165, 1.54) is 11.1 Å². The van der Waals surface area contributed by atoms with Crippen molar-refractivity contribution in [3.05, 3.63) is 35.5 Å². The zero-order valence-corrected chi connectivity index (χ0v) is 7.15. The molecule has 0 amide bonds. The molecule has 0 radical (unpaired) electrons. The highest BCUT2D eigenvalue weighted by Gasteiger charge is 2.15. The van der Waals surface area contributed by atoms with Crippen LogP contribution in [0, 0.1) is 6.92 Å². The molecule has 1 aromatic carbocycles. The maximum Gasteiger partial charge on any atom is 0.0422 e. The third-order valence-corrected chi connectivity index (χ3v) is 2.34. The number of nitrogen functional groups attached to an aromatic ring is 1. The highest BCUT2D eigenvalue weighted by atomic mass is 14.9. The first-order valence-corrected chi connectivity index (χ1v) is 4.01. The van der Waals surface area contributed by atoms with Gasteiger partial charge in [0.1, 0.15) is 0 Å². The lowest BCUT2D eigenvalue weighted by Crippen LogP contribution is -1.93. The Labute approximate surface area is 72.1 Å². The third kappa shape index (κ3) is 0.881. The minimum absolute atomic E-state index is 0.866. The first-order valence-electron chi connectivity index (χ1n) is 4.01. The van der Waals surface area contributed by atoms with Crippen molar-refractivity contribution in [2.75, 3.05) is 11.1 Å². The van der Waals surface area contributed by atoms with Crippen LogP contribution in [0.15, 0.2) is 24.4 Å². The van der Waals surface area contributed by atoms with E-state index in [1.807, 2.05) is 12.1 Å². The van der Waals surface area contributed by atoms with E-state index in [4.69, 9.17) is 5.73 Å². The van der Waals surface area contributed by atoms with Crippen molar-refractivity contribution in [2.45, 2.75) is 13.3 Å². The molecule has 0 saturated carbocycles. The van der Waals surface area contributed by atoms with Gasteiger partial charge in [-0.15, -0.1) is 0 Å². The Kier molecular flexibility index (Phi) is 1.37. The number of anilines is 2. The van der Waals surface area contributed by atoms with Crippen molar-refractivity contribution in [2.24, 2.45) is 0 Å². The lowest BCUT2D eigenvalue weighted by atomic mass is 10.0. The second kappa shape index (κ2) is 2.27. The molecular formula is C10H12N2. The van der Waals surface area contributed by atoms with E-state index in [0.29, 0.717) is 0 Å². The minimum atomic E-state index is 0.866. The van der Waals surface area contributed by atoms with Crippen LogP contribution >= 0.6 is 0 Å². The molecule has 2 nitrogen and oxygen atoms in total. The summed E-state index contributed by atoms with van der Waals surface area (Å²) < 4.78 is 0. The van der Waals surface area contributed by atoms with Crippen molar-refractivity contribution >= 4 is 11.4 Å². The van der Waals surface area contributed by atoms with Gasteiger partial charge in [0, 0.05) is 23.5 Å². The van der Waals surface area contributed by atoms with Gasteiger partial charge in [-0.1, -0.05) is 6.58 Å². The molecule has 0 spiro atoms. The summed E-state index contributed by atoms with van der Waals surface area (Å²) in [6, 6.07) is 3.94.